The molecule has 0 atom stereocenters. The minimum absolute atomic E-state index is 0.343. The zero-order chi connectivity index (χ0) is 14.4. The van der Waals surface area contributed by atoms with Gasteiger partial charge in [0.1, 0.15) is 5.82 Å². The first-order valence-electron chi connectivity index (χ1n) is 5.93. The van der Waals surface area contributed by atoms with Crippen LogP contribution in [-0.4, -0.2) is 11.8 Å². The van der Waals surface area contributed by atoms with E-state index in [2.05, 4.69) is 15.9 Å². The molecule has 100 valence electrons. The molecule has 2 aromatic rings. The Kier molecular flexibility index (Phi) is 2.94. The third-order valence-electron chi connectivity index (χ3n) is 3.19. The zero-order valence-electron chi connectivity index (χ0n) is 10.5. The lowest BCUT2D eigenvalue weighted by atomic mass is 10.1. The number of carbonyl (C=O) groups is 2. The lowest BCUT2D eigenvalue weighted by Crippen LogP contribution is -2.29. The molecule has 20 heavy (non-hydrogen) atoms. The van der Waals surface area contributed by atoms with E-state index < -0.39 is 11.7 Å². The van der Waals surface area contributed by atoms with Gasteiger partial charge in [-0.1, -0.05) is 11.6 Å². The first-order valence-corrected chi connectivity index (χ1v) is 6.73. The van der Waals surface area contributed by atoms with Crippen molar-refractivity contribution in [3.05, 3.63) is 63.4 Å². The minimum atomic E-state index is -0.437. The molecule has 0 aliphatic carbocycles. The van der Waals surface area contributed by atoms with Crippen LogP contribution in [0.15, 0.2) is 40.9 Å². The summed E-state index contributed by atoms with van der Waals surface area (Å²) >= 11 is 3.19. The number of anilines is 1. The van der Waals surface area contributed by atoms with Crippen molar-refractivity contribution in [2.24, 2.45) is 0 Å². The number of halogens is 2. The van der Waals surface area contributed by atoms with Crippen molar-refractivity contribution in [2.75, 3.05) is 4.90 Å². The van der Waals surface area contributed by atoms with Crippen LogP contribution < -0.4 is 4.90 Å². The molecule has 1 aliphatic rings. The average Bonchev–Trinajstić information content (AvgIpc) is 2.63. The number of nitrogens with zero attached hydrogens (tertiary/aromatic N) is 1. The highest BCUT2D eigenvalue weighted by molar-refractivity contribution is 9.10. The van der Waals surface area contributed by atoms with Crippen LogP contribution in [0.2, 0.25) is 0 Å². The Labute approximate surface area is 123 Å². The Morgan fingerprint density at radius 3 is 2.40 bits per heavy atom. The summed E-state index contributed by atoms with van der Waals surface area (Å²) in [6.45, 7) is 1.86. The third kappa shape index (κ3) is 1.86. The van der Waals surface area contributed by atoms with Gasteiger partial charge in [0, 0.05) is 4.47 Å². The maximum atomic E-state index is 13.1. The maximum absolute atomic E-state index is 13.1. The second-order valence-corrected chi connectivity index (χ2v) is 5.44. The molecule has 0 saturated heterocycles. The van der Waals surface area contributed by atoms with Crippen LogP contribution in [0.5, 0.6) is 0 Å². The number of imide groups is 1. The van der Waals surface area contributed by atoms with Crippen molar-refractivity contribution in [3.8, 4) is 0 Å². The highest BCUT2D eigenvalue weighted by Gasteiger charge is 2.37. The Morgan fingerprint density at radius 2 is 1.70 bits per heavy atom. The number of aryl methyl sites for hydroxylation is 1. The van der Waals surface area contributed by atoms with Crippen molar-refractivity contribution in [3.63, 3.8) is 0 Å². The molecule has 0 bridgehead atoms. The predicted octanol–water partition coefficient (Wildman–Crippen LogP) is 3.70. The first kappa shape index (κ1) is 13.0. The fourth-order valence-corrected chi connectivity index (χ4v) is 2.76. The zero-order valence-corrected chi connectivity index (χ0v) is 12.1. The van der Waals surface area contributed by atoms with Crippen molar-refractivity contribution in [2.45, 2.75) is 6.92 Å². The van der Waals surface area contributed by atoms with Crippen LogP contribution in [0.4, 0.5) is 10.1 Å². The number of hydrogen-bond donors (Lipinski definition) is 0. The molecule has 0 N–H and O–H groups in total. The second-order valence-electron chi connectivity index (χ2n) is 4.59. The van der Waals surface area contributed by atoms with Crippen LogP contribution in [-0.2, 0) is 0 Å². The SMILES string of the molecule is Cc1ccc2c(c1)C(=O)N(c1ccc(F)cc1Br)C2=O. The Hall–Kier alpha value is -2.01. The number of carbonyl (C=O) groups excluding carboxylic acids is 2. The van der Waals surface area contributed by atoms with Gasteiger partial charge in [0.2, 0.25) is 0 Å². The van der Waals surface area contributed by atoms with Crippen LogP contribution in [0.25, 0.3) is 0 Å². The number of benzene rings is 2. The monoisotopic (exact) mass is 333 g/mol. The molecule has 3 rings (SSSR count). The Bertz CT molecular complexity index is 758. The van der Waals surface area contributed by atoms with Crippen molar-refractivity contribution in [1.29, 1.82) is 0 Å². The normalized spacial score (nSPS) is 13.8. The molecule has 1 heterocycles. The van der Waals surface area contributed by atoms with Gasteiger partial charge >= 0.3 is 0 Å². The fraction of sp³-hybridized carbons (Fsp3) is 0.0667. The average molecular weight is 334 g/mol. The molecule has 0 spiro atoms. The number of hydrogen-bond acceptors (Lipinski definition) is 2. The fourth-order valence-electron chi connectivity index (χ4n) is 2.24. The summed E-state index contributed by atoms with van der Waals surface area (Å²) in [4.78, 5) is 25.8. The Balaban J connectivity index is 2.14. The maximum Gasteiger partial charge on any atom is 0.266 e. The van der Waals surface area contributed by atoms with Gasteiger partial charge in [-0.2, -0.15) is 0 Å². The summed E-state index contributed by atoms with van der Waals surface area (Å²) in [7, 11) is 0. The molecule has 0 aromatic heterocycles. The summed E-state index contributed by atoms with van der Waals surface area (Å²) in [5.41, 5.74) is 2.00. The van der Waals surface area contributed by atoms with Gasteiger partial charge in [0.25, 0.3) is 11.8 Å². The van der Waals surface area contributed by atoms with Crippen LogP contribution >= 0.6 is 15.9 Å². The smallest absolute Gasteiger partial charge is 0.266 e. The highest BCUT2D eigenvalue weighted by atomic mass is 79.9. The molecule has 0 unspecified atom stereocenters. The quantitative estimate of drug-likeness (QED) is 0.746. The summed E-state index contributed by atoms with van der Waals surface area (Å²) in [5, 5.41) is 0. The van der Waals surface area contributed by atoms with Gasteiger partial charge in [0.15, 0.2) is 0 Å². The second kappa shape index (κ2) is 4.52. The van der Waals surface area contributed by atoms with Crippen LogP contribution in [0, 0.1) is 12.7 Å². The van der Waals surface area contributed by atoms with E-state index in [1.165, 1.54) is 18.2 Å². The molecule has 0 fully saturated rings. The molecule has 0 saturated carbocycles. The van der Waals surface area contributed by atoms with Crippen LogP contribution in [0.1, 0.15) is 26.3 Å². The van der Waals surface area contributed by atoms with E-state index in [1.807, 2.05) is 6.92 Å². The molecular weight excluding hydrogens is 325 g/mol. The number of amides is 2. The van der Waals surface area contributed by atoms with E-state index in [0.29, 0.717) is 21.3 Å². The lowest BCUT2D eigenvalue weighted by Gasteiger charge is -2.15. The summed E-state index contributed by atoms with van der Waals surface area (Å²) in [6, 6.07) is 8.97. The van der Waals surface area contributed by atoms with Crippen molar-refractivity contribution < 1.29 is 14.0 Å². The lowest BCUT2D eigenvalue weighted by molar-refractivity contribution is 0.0926. The predicted molar refractivity (Wildman–Crippen MR) is 76.4 cm³/mol. The summed E-state index contributed by atoms with van der Waals surface area (Å²) in [5.74, 6) is -1.22. The van der Waals surface area contributed by atoms with E-state index in [0.717, 1.165) is 10.5 Å². The van der Waals surface area contributed by atoms with Gasteiger partial charge in [-0.15, -0.1) is 0 Å². The first-order chi connectivity index (χ1) is 9.49. The van der Waals surface area contributed by atoms with Gasteiger partial charge in [-0.25, -0.2) is 9.29 Å². The van der Waals surface area contributed by atoms with Gasteiger partial charge in [0.05, 0.1) is 16.8 Å². The van der Waals surface area contributed by atoms with E-state index >= 15 is 0 Å². The molecule has 5 heteroatoms. The van der Waals surface area contributed by atoms with Gasteiger partial charge in [-0.05, 0) is 53.2 Å². The Morgan fingerprint density at radius 1 is 1.00 bits per heavy atom. The van der Waals surface area contributed by atoms with Gasteiger partial charge in [-0.3, -0.25) is 9.59 Å². The largest absolute Gasteiger partial charge is 0.268 e. The standard InChI is InChI=1S/C15H9BrFNO2/c1-8-2-4-10-11(6-8)15(20)18(14(10)19)13-5-3-9(17)7-12(13)16/h2-7H,1H3. The topological polar surface area (TPSA) is 37.4 Å². The van der Waals surface area contributed by atoms with Crippen molar-refractivity contribution in [1.82, 2.24) is 0 Å². The third-order valence-corrected chi connectivity index (χ3v) is 3.83. The molecule has 2 amide bonds. The highest BCUT2D eigenvalue weighted by Crippen LogP contribution is 2.34. The summed E-state index contributed by atoms with van der Waals surface area (Å²) < 4.78 is 13.5. The van der Waals surface area contributed by atoms with Crippen LogP contribution in [0.3, 0.4) is 0 Å². The van der Waals surface area contributed by atoms with Gasteiger partial charge < -0.3 is 0 Å². The van der Waals surface area contributed by atoms with E-state index in [-0.39, 0.29) is 5.91 Å². The molecular formula is C15H9BrFNO2. The van der Waals surface area contributed by atoms with E-state index in [1.54, 1.807) is 18.2 Å². The minimum Gasteiger partial charge on any atom is -0.268 e. The number of rotatable bonds is 1. The summed E-state index contributed by atoms with van der Waals surface area (Å²) in [6.07, 6.45) is 0. The molecule has 3 nitrogen and oxygen atoms in total. The number of fused-ring (bicyclic) bond motifs is 1. The molecule has 2 aromatic carbocycles. The molecule has 1 aliphatic heterocycles. The van der Waals surface area contributed by atoms with E-state index in [9.17, 15) is 14.0 Å². The van der Waals surface area contributed by atoms with Crippen molar-refractivity contribution >= 4 is 33.4 Å². The van der Waals surface area contributed by atoms with E-state index in [4.69, 9.17) is 0 Å². The molecule has 0 radical (unpaired) electrons.